The second kappa shape index (κ2) is 10.4. The number of ether oxygens (including phenoxy) is 2. The normalized spacial score (nSPS) is 11.8. The molecule has 0 aliphatic carbocycles. The summed E-state index contributed by atoms with van der Waals surface area (Å²) in [5, 5.41) is 0.518. The molecule has 0 saturated carbocycles. The summed E-state index contributed by atoms with van der Waals surface area (Å²) in [7, 11) is 1.53. The third-order valence-electron chi connectivity index (χ3n) is 4.90. The van der Waals surface area contributed by atoms with E-state index < -0.39 is 12.0 Å². The molecular formula is C22H27ClN2O5. The van der Waals surface area contributed by atoms with Gasteiger partial charge < -0.3 is 19.4 Å². The number of benzene rings is 1. The van der Waals surface area contributed by atoms with Crippen molar-refractivity contribution in [2.24, 2.45) is 0 Å². The largest absolute Gasteiger partial charge is 0.461 e. The number of amides is 1. The Bertz CT molecular complexity index is 920. The lowest BCUT2D eigenvalue weighted by atomic mass is 9.99. The number of esters is 1. The molecule has 0 saturated heterocycles. The van der Waals surface area contributed by atoms with Gasteiger partial charge in [0.1, 0.15) is 5.69 Å². The van der Waals surface area contributed by atoms with Gasteiger partial charge in [0.05, 0.1) is 19.3 Å². The zero-order valence-electron chi connectivity index (χ0n) is 17.9. The first-order valence-electron chi connectivity index (χ1n) is 9.68. The zero-order chi connectivity index (χ0) is 22.4. The number of carbonyl (C=O) groups excluding carboxylic acids is 3. The lowest BCUT2D eigenvalue weighted by molar-refractivity contribution is 0.0518. The van der Waals surface area contributed by atoms with Crippen molar-refractivity contribution in [3.63, 3.8) is 0 Å². The van der Waals surface area contributed by atoms with Crippen LogP contribution in [-0.4, -0.2) is 60.5 Å². The fraction of sp³-hybridized carbons (Fsp3) is 0.409. The van der Waals surface area contributed by atoms with Crippen LogP contribution in [-0.2, 0) is 9.47 Å². The maximum Gasteiger partial charge on any atom is 0.355 e. The number of ketones is 1. The van der Waals surface area contributed by atoms with Crippen LogP contribution in [0.2, 0.25) is 5.02 Å². The summed E-state index contributed by atoms with van der Waals surface area (Å²) in [4.78, 5) is 43.0. The summed E-state index contributed by atoms with van der Waals surface area (Å²) < 4.78 is 10.2. The number of methoxy groups -OCH3 is 1. The van der Waals surface area contributed by atoms with Crippen molar-refractivity contribution in [3.05, 3.63) is 57.4 Å². The Morgan fingerprint density at radius 1 is 1.17 bits per heavy atom. The van der Waals surface area contributed by atoms with Gasteiger partial charge in [-0.05, 0) is 57.5 Å². The van der Waals surface area contributed by atoms with Crippen LogP contribution in [0.25, 0.3) is 0 Å². The van der Waals surface area contributed by atoms with Gasteiger partial charge in [-0.15, -0.1) is 0 Å². The van der Waals surface area contributed by atoms with E-state index in [0.717, 1.165) is 0 Å². The van der Waals surface area contributed by atoms with Gasteiger partial charge in [0.2, 0.25) is 0 Å². The van der Waals surface area contributed by atoms with Crippen molar-refractivity contribution in [2.75, 3.05) is 26.9 Å². The summed E-state index contributed by atoms with van der Waals surface area (Å²) in [5.41, 5.74) is 2.12. The van der Waals surface area contributed by atoms with Crippen LogP contribution < -0.4 is 0 Å². The number of halogens is 1. The number of nitrogens with one attached hydrogen (secondary N) is 1. The molecule has 2 rings (SSSR count). The Labute approximate surface area is 181 Å². The Kier molecular flexibility index (Phi) is 8.20. The van der Waals surface area contributed by atoms with Crippen molar-refractivity contribution < 1.29 is 23.9 Å². The maximum atomic E-state index is 13.3. The van der Waals surface area contributed by atoms with E-state index in [1.807, 2.05) is 0 Å². The van der Waals surface area contributed by atoms with Crippen molar-refractivity contribution >= 4 is 29.3 Å². The van der Waals surface area contributed by atoms with E-state index in [-0.39, 0.29) is 37.1 Å². The van der Waals surface area contributed by atoms with Gasteiger partial charge >= 0.3 is 5.97 Å². The zero-order valence-corrected chi connectivity index (χ0v) is 18.6. The molecule has 1 aromatic carbocycles. The molecule has 7 nitrogen and oxygen atoms in total. The standard InChI is InChI=1S/C22H27ClN2O5/c1-6-30-22(28)19-13(2)18(14(3)24-19)20(26)15(4)25(11-12-29-5)21(27)16-7-9-17(23)10-8-16/h7-10,15,24H,6,11-12H2,1-5H3/t15-/m1/s1. The number of aromatic amines is 1. The average Bonchev–Trinajstić information content (AvgIpc) is 3.02. The topological polar surface area (TPSA) is 88.7 Å². The Balaban J connectivity index is 2.37. The molecule has 2 aromatic rings. The van der Waals surface area contributed by atoms with Crippen molar-refractivity contribution in [2.45, 2.75) is 33.7 Å². The van der Waals surface area contributed by atoms with Crippen LogP contribution in [0, 0.1) is 13.8 Å². The fourth-order valence-electron chi connectivity index (χ4n) is 3.30. The minimum atomic E-state index is -0.772. The summed E-state index contributed by atoms with van der Waals surface area (Å²) >= 11 is 5.92. The third kappa shape index (κ3) is 5.09. The van der Waals surface area contributed by atoms with Gasteiger partial charge in [-0.3, -0.25) is 9.59 Å². The molecule has 30 heavy (non-hydrogen) atoms. The molecular weight excluding hydrogens is 408 g/mol. The second-order valence-corrected chi connectivity index (χ2v) is 7.32. The van der Waals surface area contributed by atoms with Gasteiger partial charge in [0.15, 0.2) is 5.78 Å². The summed E-state index contributed by atoms with van der Waals surface area (Å²) in [6.45, 7) is 7.53. The van der Waals surface area contributed by atoms with Crippen molar-refractivity contribution in [1.29, 1.82) is 0 Å². The van der Waals surface area contributed by atoms with Gasteiger partial charge in [-0.1, -0.05) is 11.6 Å². The highest BCUT2D eigenvalue weighted by atomic mass is 35.5. The Hall–Kier alpha value is -2.64. The number of carbonyl (C=O) groups is 3. The first-order valence-corrected chi connectivity index (χ1v) is 10.1. The third-order valence-corrected chi connectivity index (χ3v) is 5.15. The highest BCUT2D eigenvalue weighted by Gasteiger charge is 2.31. The number of hydrogen-bond acceptors (Lipinski definition) is 5. The minimum Gasteiger partial charge on any atom is -0.461 e. The molecule has 0 aliphatic rings. The van der Waals surface area contributed by atoms with Crippen LogP contribution in [0.15, 0.2) is 24.3 Å². The Morgan fingerprint density at radius 2 is 1.80 bits per heavy atom. The number of aromatic nitrogens is 1. The van der Waals surface area contributed by atoms with Crippen LogP contribution >= 0.6 is 11.6 Å². The summed E-state index contributed by atoms with van der Waals surface area (Å²) in [6, 6.07) is 5.72. The smallest absolute Gasteiger partial charge is 0.355 e. The Morgan fingerprint density at radius 3 is 2.37 bits per heavy atom. The van der Waals surface area contributed by atoms with E-state index in [0.29, 0.717) is 27.4 Å². The SMILES string of the molecule is CCOC(=O)c1[nH]c(C)c(C(=O)[C@@H](C)N(CCOC)C(=O)c2ccc(Cl)cc2)c1C. The van der Waals surface area contributed by atoms with E-state index in [4.69, 9.17) is 21.1 Å². The van der Waals surface area contributed by atoms with E-state index >= 15 is 0 Å². The molecule has 8 heteroatoms. The summed E-state index contributed by atoms with van der Waals surface area (Å²) in [6.07, 6.45) is 0. The van der Waals surface area contributed by atoms with E-state index in [1.165, 1.54) is 12.0 Å². The fourth-order valence-corrected chi connectivity index (χ4v) is 3.42. The van der Waals surface area contributed by atoms with Crippen LogP contribution in [0.4, 0.5) is 0 Å². The minimum absolute atomic E-state index is 0.233. The lowest BCUT2D eigenvalue weighted by Gasteiger charge is -2.28. The molecule has 162 valence electrons. The number of hydrogen-bond donors (Lipinski definition) is 1. The number of nitrogens with zero attached hydrogens (tertiary/aromatic N) is 1. The van der Waals surface area contributed by atoms with Crippen molar-refractivity contribution in [3.8, 4) is 0 Å². The van der Waals surface area contributed by atoms with E-state index in [2.05, 4.69) is 4.98 Å². The molecule has 1 N–H and O–H groups in total. The molecule has 0 fully saturated rings. The predicted octanol–water partition coefficient (Wildman–Crippen LogP) is 3.82. The lowest BCUT2D eigenvalue weighted by Crippen LogP contribution is -2.45. The molecule has 0 spiro atoms. The van der Waals surface area contributed by atoms with E-state index in [9.17, 15) is 14.4 Å². The predicted molar refractivity (Wildman–Crippen MR) is 114 cm³/mol. The van der Waals surface area contributed by atoms with Gasteiger partial charge in [0, 0.05) is 35.5 Å². The maximum absolute atomic E-state index is 13.3. The molecule has 0 aliphatic heterocycles. The number of aryl methyl sites for hydroxylation is 1. The van der Waals surface area contributed by atoms with Crippen LogP contribution in [0.5, 0.6) is 0 Å². The second-order valence-electron chi connectivity index (χ2n) is 6.88. The molecule has 1 heterocycles. The quantitative estimate of drug-likeness (QED) is 0.478. The molecule has 0 bridgehead atoms. The molecule has 1 amide bonds. The first kappa shape index (κ1) is 23.6. The number of H-pyrrole nitrogens is 1. The highest BCUT2D eigenvalue weighted by molar-refractivity contribution is 6.30. The highest BCUT2D eigenvalue weighted by Crippen LogP contribution is 2.23. The molecule has 1 aromatic heterocycles. The van der Waals surface area contributed by atoms with Gasteiger partial charge in [0.25, 0.3) is 5.91 Å². The van der Waals surface area contributed by atoms with Gasteiger partial charge in [-0.25, -0.2) is 4.79 Å². The summed E-state index contributed by atoms with van der Waals surface area (Å²) in [5.74, 6) is -1.09. The molecule has 0 radical (unpaired) electrons. The van der Waals surface area contributed by atoms with Crippen LogP contribution in [0.3, 0.4) is 0 Å². The molecule has 1 atom stereocenters. The monoisotopic (exact) mass is 434 g/mol. The van der Waals surface area contributed by atoms with Crippen LogP contribution in [0.1, 0.15) is 56.3 Å². The van der Waals surface area contributed by atoms with Crippen molar-refractivity contribution in [1.82, 2.24) is 9.88 Å². The number of Topliss-reactive ketones (excluding diaryl/α,β-unsaturated/α-hetero) is 1. The first-order chi connectivity index (χ1) is 14.2. The molecule has 0 unspecified atom stereocenters. The average molecular weight is 435 g/mol. The van der Waals surface area contributed by atoms with Gasteiger partial charge in [-0.2, -0.15) is 0 Å². The number of rotatable bonds is 9. The van der Waals surface area contributed by atoms with E-state index in [1.54, 1.807) is 52.0 Å².